The molecule has 4 rings (SSSR count). The van der Waals surface area contributed by atoms with Gasteiger partial charge in [-0.15, -0.1) is 6.42 Å². The van der Waals surface area contributed by atoms with Crippen molar-refractivity contribution in [2.75, 3.05) is 13.1 Å². The van der Waals surface area contributed by atoms with Gasteiger partial charge in [0.05, 0.1) is 0 Å². The molecule has 0 aliphatic carbocycles. The number of aromatic amines is 1. The molecule has 138 valence electrons. The van der Waals surface area contributed by atoms with Gasteiger partial charge in [-0.05, 0) is 35.7 Å². The number of likely N-dealkylation sites (tertiary alicyclic amines) is 1. The minimum atomic E-state index is -1.13. The van der Waals surface area contributed by atoms with Crippen LogP contribution >= 0.6 is 0 Å². The summed E-state index contributed by atoms with van der Waals surface area (Å²) in [5.74, 6) is 2.26. The van der Waals surface area contributed by atoms with E-state index >= 15 is 0 Å². The second kappa shape index (κ2) is 7.19. The maximum Gasteiger partial charge on any atom is 0.130 e. The smallest absolute Gasteiger partial charge is 0.130 e. The van der Waals surface area contributed by atoms with Crippen LogP contribution in [0.25, 0.3) is 10.9 Å². The van der Waals surface area contributed by atoms with E-state index in [1.807, 2.05) is 24.4 Å². The first kappa shape index (κ1) is 17.8. The minimum Gasteiger partial charge on any atom is -0.377 e. The summed E-state index contributed by atoms with van der Waals surface area (Å²) in [5, 5.41) is 11.9. The van der Waals surface area contributed by atoms with Gasteiger partial charge in [0.2, 0.25) is 0 Å². The predicted molar refractivity (Wildman–Crippen MR) is 106 cm³/mol. The second-order valence-corrected chi connectivity index (χ2v) is 7.44. The molecule has 1 aromatic heterocycles. The van der Waals surface area contributed by atoms with Gasteiger partial charge in [0, 0.05) is 49.1 Å². The van der Waals surface area contributed by atoms with Crippen molar-refractivity contribution >= 4 is 10.9 Å². The van der Waals surface area contributed by atoms with Gasteiger partial charge in [-0.1, -0.05) is 36.3 Å². The van der Waals surface area contributed by atoms with Crippen LogP contribution in [0.5, 0.6) is 0 Å². The average Bonchev–Trinajstić information content (AvgIpc) is 3.07. The number of benzene rings is 2. The molecular formula is C23H23FN2O. The van der Waals surface area contributed by atoms with Gasteiger partial charge >= 0.3 is 0 Å². The zero-order valence-corrected chi connectivity index (χ0v) is 15.2. The minimum absolute atomic E-state index is 0.109. The fraction of sp³-hybridized carbons (Fsp3) is 0.304. The van der Waals surface area contributed by atoms with Crippen molar-refractivity contribution in [3.63, 3.8) is 0 Å². The summed E-state index contributed by atoms with van der Waals surface area (Å²) in [5.41, 5.74) is 2.00. The third-order valence-corrected chi connectivity index (χ3v) is 5.66. The molecule has 1 aliphatic rings. The van der Waals surface area contributed by atoms with Crippen molar-refractivity contribution in [2.24, 2.45) is 5.92 Å². The van der Waals surface area contributed by atoms with E-state index in [0.29, 0.717) is 19.4 Å². The standard InChI is InChI=1S/C23H23FN2O/c1-2-23(27)10-11-26(15-17-6-4-3-5-7-17)16-19(23)12-18-14-25-22-9-8-20(24)13-21(18)22/h1,3-9,13-14,19,25,27H,10-12,15-16H2. The maximum absolute atomic E-state index is 13.7. The van der Waals surface area contributed by atoms with Gasteiger partial charge in [0.1, 0.15) is 11.4 Å². The number of H-pyrrole nitrogens is 1. The summed E-state index contributed by atoms with van der Waals surface area (Å²) in [7, 11) is 0. The molecule has 0 saturated carbocycles. The zero-order chi connectivity index (χ0) is 18.9. The van der Waals surface area contributed by atoms with Gasteiger partial charge in [0.15, 0.2) is 0 Å². The average molecular weight is 362 g/mol. The summed E-state index contributed by atoms with van der Waals surface area (Å²) in [4.78, 5) is 5.52. The van der Waals surface area contributed by atoms with Crippen molar-refractivity contribution in [3.8, 4) is 12.3 Å². The Bertz CT molecular complexity index is 975. The molecule has 2 heterocycles. The zero-order valence-electron chi connectivity index (χ0n) is 15.2. The number of piperidine rings is 1. The number of halogens is 1. The van der Waals surface area contributed by atoms with E-state index in [0.717, 1.165) is 29.6 Å². The molecule has 2 N–H and O–H groups in total. The SMILES string of the molecule is C#CC1(O)CCN(Cc2ccccc2)CC1Cc1c[nH]c2ccc(F)cc12. The van der Waals surface area contributed by atoms with Crippen molar-refractivity contribution in [3.05, 3.63) is 71.7 Å². The van der Waals surface area contributed by atoms with Crippen LogP contribution in [-0.2, 0) is 13.0 Å². The Kier molecular flexibility index (Phi) is 4.73. The number of fused-ring (bicyclic) bond motifs is 1. The van der Waals surface area contributed by atoms with E-state index < -0.39 is 5.60 Å². The van der Waals surface area contributed by atoms with E-state index in [1.54, 1.807) is 12.1 Å². The molecule has 1 aliphatic heterocycles. The highest BCUT2D eigenvalue weighted by Gasteiger charge is 2.40. The lowest BCUT2D eigenvalue weighted by Crippen LogP contribution is -2.51. The number of rotatable bonds is 4. The summed E-state index contributed by atoms with van der Waals surface area (Å²) >= 11 is 0. The lowest BCUT2D eigenvalue weighted by molar-refractivity contribution is -0.0289. The third kappa shape index (κ3) is 3.62. The second-order valence-electron chi connectivity index (χ2n) is 7.44. The molecule has 2 atom stereocenters. The van der Waals surface area contributed by atoms with E-state index in [4.69, 9.17) is 6.42 Å². The predicted octanol–water partition coefficient (Wildman–Crippen LogP) is 3.74. The van der Waals surface area contributed by atoms with Crippen molar-refractivity contribution in [2.45, 2.75) is 25.0 Å². The quantitative estimate of drug-likeness (QED) is 0.694. The normalized spacial score (nSPS) is 23.4. The lowest BCUT2D eigenvalue weighted by atomic mass is 9.78. The maximum atomic E-state index is 13.7. The molecule has 0 radical (unpaired) electrons. The summed E-state index contributed by atoms with van der Waals surface area (Å²) in [6, 6.07) is 15.0. The molecule has 4 heteroatoms. The van der Waals surface area contributed by atoms with Crippen LogP contribution in [0.4, 0.5) is 4.39 Å². The highest BCUT2D eigenvalue weighted by Crippen LogP contribution is 2.33. The fourth-order valence-corrected chi connectivity index (χ4v) is 4.08. The first-order chi connectivity index (χ1) is 13.1. The van der Waals surface area contributed by atoms with Gasteiger partial charge in [-0.3, -0.25) is 4.90 Å². The number of nitrogens with zero attached hydrogens (tertiary/aromatic N) is 1. The molecule has 0 amide bonds. The number of hydrogen-bond acceptors (Lipinski definition) is 2. The van der Waals surface area contributed by atoms with Gasteiger partial charge in [-0.2, -0.15) is 0 Å². The Morgan fingerprint density at radius 3 is 2.85 bits per heavy atom. The Balaban J connectivity index is 1.57. The van der Waals surface area contributed by atoms with Gasteiger partial charge in [-0.25, -0.2) is 4.39 Å². The first-order valence-electron chi connectivity index (χ1n) is 9.29. The van der Waals surface area contributed by atoms with Crippen LogP contribution in [0.3, 0.4) is 0 Å². The molecule has 2 aromatic carbocycles. The van der Waals surface area contributed by atoms with E-state index in [-0.39, 0.29) is 11.7 Å². The highest BCUT2D eigenvalue weighted by atomic mass is 19.1. The third-order valence-electron chi connectivity index (χ3n) is 5.66. The van der Waals surface area contributed by atoms with Crippen LogP contribution in [0.15, 0.2) is 54.7 Å². The van der Waals surface area contributed by atoms with Crippen molar-refractivity contribution < 1.29 is 9.50 Å². The fourth-order valence-electron chi connectivity index (χ4n) is 4.08. The Hall–Kier alpha value is -2.61. The Labute approximate surface area is 158 Å². The lowest BCUT2D eigenvalue weighted by Gasteiger charge is -2.42. The summed E-state index contributed by atoms with van der Waals surface area (Å²) in [6.07, 6.45) is 8.75. The van der Waals surface area contributed by atoms with Crippen molar-refractivity contribution in [1.82, 2.24) is 9.88 Å². The van der Waals surface area contributed by atoms with Crippen LogP contribution in [0.2, 0.25) is 0 Å². The molecule has 0 bridgehead atoms. The first-order valence-corrected chi connectivity index (χ1v) is 9.29. The van der Waals surface area contributed by atoms with Gasteiger partial charge < -0.3 is 10.1 Å². The van der Waals surface area contributed by atoms with Gasteiger partial charge in [0.25, 0.3) is 0 Å². The largest absolute Gasteiger partial charge is 0.377 e. The molecule has 27 heavy (non-hydrogen) atoms. The molecular weight excluding hydrogens is 339 g/mol. The Morgan fingerprint density at radius 2 is 2.07 bits per heavy atom. The van der Waals surface area contributed by atoms with Crippen molar-refractivity contribution in [1.29, 1.82) is 0 Å². The van der Waals surface area contributed by atoms with E-state index in [9.17, 15) is 9.50 Å². The summed E-state index contributed by atoms with van der Waals surface area (Å²) in [6.45, 7) is 2.30. The van der Waals surface area contributed by atoms with Crippen LogP contribution in [0.1, 0.15) is 17.5 Å². The molecule has 1 fully saturated rings. The Morgan fingerprint density at radius 1 is 1.26 bits per heavy atom. The van der Waals surface area contributed by atoms with Crippen LogP contribution in [-0.4, -0.2) is 33.7 Å². The van der Waals surface area contributed by atoms with E-state index in [1.165, 1.54) is 11.6 Å². The molecule has 3 nitrogen and oxygen atoms in total. The number of nitrogens with one attached hydrogen (secondary N) is 1. The highest BCUT2D eigenvalue weighted by molar-refractivity contribution is 5.83. The molecule has 2 unspecified atom stereocenters. The molecule has 3 aromatic rings. The number of aliphatic hydroxyl groups is 1. The molecule has 0 spiro atoms. The van der Waals surface area contributed by atoms with Crippen LogP contribution < -0.4 is 0 Å². The number of aromatic nitrogens is 1. The number of hydrogen-bond donors (Lipinski definition) is 2. The molecule has 1 saturated heterocycles. The van der Waals surface area contributed by atoms with Crippen LogP contribution in [0, 0.1) is 24.1 Å². The number of terminal acetylenes is 1. The van der Waals surface area contributed by atoms with E-state index in [2.05, 4.69) is 27.9 Å². The monoisotopic (exact) mass is 362 g/mol. The summed E-state index contributed by atoms with van der Waals surface area (Å²) < 4.78 is 13.7. The topological polar surface area (TPSA) is 39.3 Å².